The van der Waals surface area contributed by atoms with Gasteiger partial charge in [-0.25, -0.2) is 5.06 Å². The first kappa shape index (κ1) is 10.5. The molecule has 0 saturated heterocycles. The maximum atomic E-state index is 11.3. The van der Waals surface area contributed by atoms with Gasteiger partial charge in [0.25, 0.3) is 5.91 Å². The number of aliphatic hydroxyl groups is 1. The monoisotopic (exact) mass is 187 g/mol. The maximum absolute atomic E-state index is 11.3. The van der Waals surface area contributed by atoms with Crippen molar-refractivity contribution in [3.8, 4) is 0 Å². The zero-order valence-electron chi connectivity index (χ0n) is 8.19. The van der Waals surface area contributed by atoms with Gasteiger partial charge in [-0.1, -0.05) is 19.3 Å². The van der Waals surface area contributed by atoms with E-state index in [-0.39, 0.29) is 5.91 Å². The van der Waals surface area contributed by atoms with Crippen molar-refractivity contribution in [2.75, 3.05) is 14.2 Å². The number of aliphatic hydroxyl groups excluding tert-OH is 1. The highest BCUT2D eigenvalue weighted by atomic mass is 16.7. The third kappa shape index (κ3) is 2.67. The van der Waals surface area contributed by atoms with Gasteiger partial charge < -0.3 is 5.11 Å². The van der Waals surface area contributed by atoms with Crippen molar-refractivity contribution in [3.63, 3.8) is 0 Å². The molecule has 1 fully saturated rings. The molecule has 1 saturated carbocycles. The van der Waals surface area contributed by atoms with Gasteiger partial charge in [0.05, 0.1) is 7.11 Å². The molecule has 1 rings (SSSR count). The Morgan fingerprint density at radius 2 is 2.31 bits per heavy atom. The van der Waals surface area contributed by atoms with Crippen molar-refractivity contribution < 1.29 is 14.7 Å². The van der Waals surface area contributed by atoms with E-state index in [0.717, 1.165) is 17.9 Å². The fraction of sp³-hybridized carbons (Fsp3) is 0.889. The molecule has 13 heavy (non-hydrogen) atoms. The van der Waals surface area contributed by atoms with Gasteiger partial charge in [-0.15, -0.1) is 0 Å². The molecule has 1 atom stereocenters. The van der Waals surface area contributed by atoms with E-state index in [1.807, 2.05) is 0 Å². The summed E-state index contributed by atoms with van der Waals surface area (Å²) in [5.74, 6) is 0.179. The largest absolute Gasteiger partial charge is 0.383 e. The quantitative estimate of drug-likeness (QED) is 0.654. The van der Waals surface area contributed by atoms with Crippen molar-refractivity contribution in [3.05, 3.63) is 0 Å². The molecule has 4 nitrogen and oxygen atoms in total. The first-order valence-electron chi connectivity index (χ1n) is 4.65. The Hall–Kier alpha value is -0.610. The lowest BCUT2D eigenvalue weighted by atomic mass is 9.81. The van der Waals surface area contributed by atoms with Crippen LogP contribution in [-0.4, -0.2) is 36.3 Å². The summed E-state index contributed by atoms with van der Waals surface area (Å²) >= 11 is 0. The average Bonchev–Trinajstić information content (AvgIpc) is 2.08. The van der Waals surface area contributed by atoms with Gasteiger partial charge in [-0.05, 0) is 12.3 Å². The lowest BCUT2D eigenvalue weighted by Crippen LogP contribution is -2.37. The van der Waals surface area contributed by atoms with E-state index in [2.05, 4.69) is 0 Å². The standard InChI is InChI=1S/C9H17NO3/c1-10(13-2)9(12)8(11)6-7-4-3-5-7/h7-8,11H,3-6H2,1-2H3. The molecule has 0 aromatic carbocycles. The van der Waals surface area contributed by atoms with E-state index in [1.54, 1.807) is 0 Å². The maximum Gasteiger partial charge on any atom is 0.274 e. The van der Waals surface area contributed by atoms with Crippen LogP contribution in [0, 0.1) is 5.92 Å². The van der Waals surface area contributed by atoms with E-state index < -0.39 is 6.10 Å². The number of nitrogens with zero attached hydrogens (tertiary/aromatic N) is 1. The molecular formula is C9H17NO3. The third-order valence-electron chi connectivity index (χ3n) is 2.65. The fourth-order valence-corrected chi connectivity index (χ4v) is 1.44. The van der Waals surface area contributed by atoms with E-state index in [1.165, 1.54) is 20.6 Å². The Kier molecular flexibility index (Phi) is 3.69. The van der Waals surface area contributed by atoms with Gasteiger partial charge in [-0.3, -0.25) is 9.63 Å². The number of carbonyl (C=O) groups excluding carboxylic acids is 1. The van der Waals surface area contributed by atoms with Crippen molar-refractivity contribution in [2.24, 2.45) is 5.92 Å². The lowest BCUT2D eigenvalue weighted by Gasteiger charge is -2.28. The fourth-order valence-electron chi connectivity index (χ4n) is 1.44. The molecule has 1 N–H and O–H groups in total. The molecule has 0 radical (unpaired) electrons. The average molecular weight is 187 g/mol. The molecule has 0 aliphatic heterocycles. The number of likely N-dealkylation sites (N-methyl/N-ethyl adjacent to an activating group) is 1. The predicted molar refractivity (Wildman–Crippen MR) is 47.7 cm³/mol. The normalized spacial score (nSPS) is 19.3. The molecule has 76 valence electrons. The highest BCUT2D eigenvalue weighted by molar-refractivity contribution is 5.79. The van der Waals surface area contributed by atoms with Gasteiger partial charge in [0.2, 0.25) is 0 Å². The van der Waals surface area contributed by atoms with Crippen LogP contribution in [0.3, 0.4) is 0 Å². The first-order chi connectivity index (χ1) is 6.15. The summed E-state index contributed by atoms with van der Waals surface area (Å²) < 4.78 is 0. The Labute approximate surface area is 78.4 Å². The third-order valence-corrected chi connectivity index (χ3v) is 2.65. The zero-order chi connectivity index (χ0) is 9.84. The summed E-state index contributed by atoms with van der Waals surface area (Å²) in [6.07, 6.45) is 3.19. The number of hydroxylamine groups is 2. The highest BCUT2D eigenvalue weighted by Gasteiger charge is 2.26. The van der Waals surface area contributed by atoms with Crippen LogP contribution in [0.15, 0.2) is 0 Å². The van der Waals surface area contributed by atoms with Crippen molar-refractivity contribution >= 4 is 5.91 Å². The van der Waals surface area contributed by atoms with Crippen LogP contribution in [-0.2, 0) is 9.63 Å². The molecule has 1 amide bonds. The van der Waals surface area contributed by atoms with Gasteiger partial charge in [0.1, 0.15) is 6.10 Å². The summed E-state index contributed by atoms with van der Waals surface area (Å²) in [7, 11) is 2.92. The summed E-state index contributed by atoms with van der Waals surface area (Å²) in [6.45, 7) is 0. The van der Waals surface area contributed by atoms with Crippen LogP contribution < -0.4 is 0 Å². The van der Waals surface area contributed by atoms with Crippen LogP contribution in [0.1, 0.15) is 25.7 Å². The predicted octanol–water partition coefficient (Wildman–Crippen LogP) is 0.557. The van der Waals surface area contributed by atoms with Gasteiger partial charge >= 0.3 is 0 Å². The highest BCUT2D eigenvalue weighted by Crippen LogP contribution is 2.30. The summed E-state index contributed by atoms with van der Waals surface area (Å²) in [6, 6.07) is 0. The van der Waals surface area contributed by atoms with Crippen molar-refractivity contribution in [1.29, 1.82) is 0 Å². The lowest BCUT2D eigenvalue weighted by molar-refractivity contribution is -0.178. The molecule has 0 heterocycles. The second-order valence-corrected chi connectivity index (χ2v) is 3.57. The van der Waals surface area contributed by atoms with Crippen LogP contribution in [0.2, 0.25) is 0 Å². The number of hydrogen-bond donors (Lipinski definition) is 1. The second kappa shape index (κ2) is 4.58. The van der Waals surface area contributed by atoms with E-state index in [0.29, 0.717) is 12.3 Å². The number of amides is 1. The molecule has 1 aliphatic rings. The summed E-state index contributed by atoms with van der Waals surface area (Å²) in [5.41, 5.74) is 0. The molecule has 1 aliphatic carbocycles. The Bertz CT molecular complexity index is 180. The van der Waals surface area contributed by atoms with Crippen molar-refractivity contribution in [1.82, 2.24) is 5.06 Å². The van der Waals surface area contributed by atoms with E-state index >= 15 is 0 Å². The first-order valence-corrected chi connectivity index (χ1v) is 4.65. The summed E-state index contributed by atoms with van der Waals surface area (Å²) in [4.78, 5) is 16.0. The van der Waals surface area contributed by atoms with Gasteiger partial charge in [0, 0.05) is 7.05 Å². The number of hydrogen-bond acceptors (Lipinski definition) is 3. The summed E-state index contributed by atoms with van der Waals surface area (Å²) in [5, 5.41) is 10.6. The number of carbonyl (C=O) groups is 1. The molecule has 4 heteroatoms. The van der Waals surface area contributed by atoms with Crippen molar-refractivity contribution in [2.45, 2.75) is 31.8 Å². The van der Waals surface area contributed by atoms with Crippen LogP contribution in [0.25, 0.3) is 0 Å². The Balaban J connectivity index is 2.28. The molecule has 0 bridgehead atoms. The van der Waals surface area contributed by atoms with E-state index in [9.17, 15) is 9.90 Å². The van der Waals surface area contributed by atoms with Crippen LogP contribution >= 0.6 is 0 Å². The van der Waals surface area contributed by atoms with Gasteiger partial charge in [0.15, 0.2) is 0 Å². The Morgan fingerprint density at radius 3 is 2.69 bits per heavy atom. The molecule has 0 aromatic rings. The SMILES string of the molecule is CON(C)C(=O)C(O)CC1CCC1. The van der Waals surface area contributed by atoms with Crippen LogP contribution in [0.4, 0.5) is 0 Å². The molecule has 0 spiro atoms. The van der Waals surface area contributed by atoms with Gasteiger partial charge in [-0.2, -0.15) is 0 Å². The molecule has 1 unspecified atom stereocenters. The topological polar surface area (TPSA) is 49.8 Å². The zero-order valence-corrected chi connectivity index (χ0v) is 8.19. The molecule has 0 aromatic heterocycles. The smallest absolute Gasteiger partial charge is 0.274 e. The number of rotatable bonds is 4. The Morgan fingerprint density at radius 1 is 1.69 bits per heavy atom. The minimum atomic E-state index is -0.893. The van der Waals surface area contributed by atoms with Crippen LogP contribution in [0.5, 0.6) is 0 Å². The molecular weight excluding hydrogens is 170 g/mol. The second-order valence-electron chi connectivity index (χ2n) is 3.57. The minimum absolute atomic E-state index is 0.352. The van der Waals surface area contributed by atoms with E-state index in [4.69, 9.17) is 4.84 Å². The minimum Gasteiger partial charge on any atom is -0.383 e.